The number of aromatic carboxylic acids is 1. The molecule has 0 aliphatic heterocycles. The maximum atomic E-state index is 10.8. The molecule has 0 saturated carbocycles. The van der Waals surface area contributed by atoms with Crippen molar-refractivity contribution in [2.24, 2.45) is 0 Å². The number of rotatable bonds is 2. The van der Waals surface area contributed by atoms with E-state index in [0.717, 1.165) is 12.1 Å². The summed E-state index contributed by atoms with van der Waals surface area (Å²) < 4.78 is 0. The number of hydrogen-bond donors (Lipinski definition) is 2. The van der Waals surface area contributed by atoms with Crippen LogP contribution in [0.1, 0.15) is 10.4 Å². The molecule has 2 rings (SSSR count). The number of carboxylic acids is 1. The van der Waals surface area contributed by atoms with Gasteiger partial charge in [0, 0.05) is 34.5 Å². The number of carboxylic acid groups (broad SMARTS) is 1. The molecule has 16 heavy (non-hydrogen) atoms. The second-order valence-electron chi connectivity index (χ2n) is 2.75. The standard InChI is InChI=1S/C7H4N4O4.Ag/c12-7(13)4-1-3(11(14)15)2-5-6(4)9-10-8-5;/h1-2H,(H,12,13)(H,8,9,10);. The van der Waals surface area contributed by atoms with Crippen LogP contribution < -0.4 is 0 Å². The van der Waals surface area contributed by atoms with Crippen LogP contribution in [0.4, 0.5) is 5.69 Å². The molecule has 0 atom stereocenters. The average molecular weight is 316 g/mol. The number of fused-ring (bicyclic) bond motifs is 1. The molecule has 87 valence electrons. The van der Waals surface area contributed by atoms with Gasteiger partial charge in [0.2, 0.25) is 0 Å². The molecule has 0 aliphatic carbocycles. The molecule has 1 aromatic carbocycles. The molecule has 0 spiro atoms. The molecule has 0 fully saturated rings. The summed E-state index contributed by atoms with van der Waals surface area (Å²) >= 11 is 0. The van der Waals surface area contributed by atoms with Gasteiger partial charge in [-0.1, -0.05) is 0 Å². The van der Waals surface area contributed by atoms with Crippen molar-refractivity contribution >= 4 is 22.7 Å². The second kappa shape index (κ2) is 4.39. The monoisotopic (exact) mass is 315 g/mol. The van der Waals surface area contributed by atoms with Gasteiger partial charge in [-0.05, 0) is 0 Å². The maximum absolute atomic E-state index is 10.8. The summed E-state index contributed by atoms with van der Waals surface area (Å²) in [6, 6.07) is 2.11. The Bertz CT molecular complexity index is 567. The van der Waals surface area contributed by atoms with Gasteiger partial charge in [-0.2, -0.15) is 15.4 Å². The third-order valence-electron chi connectivity index (χ3n) is 1.85. The minimum atomic E-state index is -1.28. The van der Waals surface area contributed by atoms with Crippen molar-refractivity contribution in [3.63, 3.8) is 0 Å². The van der Waals surface area contributed by atoms with Gasteiger partial charge in [0.05, 0.1) is 10.5 Å². The van der Waals surface area contributed by atoms with Crippen LogP contribution in [-0.2, 0) is 22.4 Å². The SMILES string of the molecule is O=C(O)c1cc([N+](=O)[O-])cc2n[nH]nc12.[Ag]. The zero-order valence-corrected chi connectivity index (χ0v) is 8.95. The van der Waals surface area contributed by atoms with Crippen molar-refractivity contribution in [1.82, 2.24) is 15.4 Å². The van der Waals surface area contributed by atoms with E-state index in [9.17, 15) is 14.9 Å². The van der Waals surface area contributed by atoms with Crippen LogP contribution in [0.15, 0.2) is 12.1 Å². The van der Waals surface area contributed by atoms with Crippen molar-refractivity contribution in [3.05, 3.63) is 27.8 Å². The van der Waals surface area contributed by atoms with E-state index in [1.165, 1.54) is 0 Å². The number of aromatic amines is 1. The Morgan fingerprint density at radius 2 is 2.12 bits per heavy atom. The average Bonchev–Trinajstić information content (AvgIpc) is 2.62. The van der Waals surface area contributed by atoms with Crippen molar-refractivity contribution < 1.29 is 37.2 Å². The minimum Gasteiger partial charge on any atom is -0.478 e. The molecule has 0 saturated heterocycles. The molecule has 1 aromatic heterocycles. The van der Waals surface area contributed by atoms with Gasteiger partial charge >= 0.3 is 5.97 Å². The minimum absolute atomic E-state index is 0. The van der Waals surface area contributed by atoms with Gasteiger partial charge in [-0.15, -0.1) is 0 Å². The third-order valence-corrected chi connectivity index (χ3v) is 1.85. The molecule has 0 unspecified atom stereocenters. The maximum Gasteiger partial charge on any atom is 0.338 e. The summed E-state index contributed by atoms with van der Waals surface area (Å²) in [4.78, 5) is 20.6. The van der Waals surface area contributed by atoms with E-state index in [4.69, 9.17) is 5.11 Å². The quantitative estimate of drug-likeness (QED) is 0.474. The zero-order chi connectivity index (χ0) is 11.0. The number of non-ortho nitro benzene ring substituents is 1. The first-order chi connectivity index (χ1) is 7.09. The predicted molar refractivity (Wildman–Crippen MR) is 47.5 cm³/mol. The van der Waals surface area contributed by atoms with E-state index in [1.807, 2.05) is 0 Å². The van der Waals surface area contributed by atoms with Crippen molar-refractivity contribution in [1.29, 1.82) is 0 Å². The Labute approximate surface area is 103 Å². The van der Waals surface area contributed by atoms with Crippen molar-refractivity contribution in [2.45, 2.75) is 0 Å². The Kier molecular flexibility index (Phi) is 3.38. The molecule has 1 heterocycles. The first-order valence-corrected chi connectivity index (χ1v) is 3.82. The van der Waals surface area contributed by atoms with Crippen LogP contribution in [0, 0.1) is 10.1 Å². The molecular formula is C7H4AgN4O4. The van der Waals surface area contributed by atoms with Crippen LogP contribution in [0.3, 0.4) is 0 Å². The topological polar surface area (TPSA) is 122 Å². The summed E-state index contributed by atoms with van der Waals surface area (Å²) in [6.07, 6.45) is 0. The van der Waals surface area contributed by atoms with Gasteiger partial charge < -0.3 is 5.11 Å². The Hall–Kier alpha value is -1.77. The molecular weight excluding hydrogens is 312 g/mol. The Balaban J connectivity index is 0.00000128. The van der Waals surface area contributed by atoms with Crippen molar-refractivity contribution in [2.75, 3.05) is 0 Å². The first-order valence-electron chi connectivity index (χ1n) is 3.82. The number of hydrogen-bond acceptors (Lipinski definition) is 5. The normalized spacial score (nSPS) is 9.75. The molecule has 1 radical (unpaired) electrons. The Morgan fingerprint density at radius 3 is 2.69 bits per heavy atom. The van der Waals surface area contributed by atoms with E-state index in [-0.39, 0.29) is 44.7 Å². The molecule has 0 amide bonds. The number of nitrogens with one attached hydrogen (secondary N) is 1. The molecule has 0 bridgehead atoms. The summed E-state index contributed by atoms with van der Waals surface area (Å²) in [7, 11) is 0. The number of nitro benzene ring substituents is 1. The van der Waals surface area contributed by atoms with E-state index < -0.39 is 10.9 Å². The molecule has 8 nitrogen and oxygen atoms in total. The predicted octanol–water partition coefficient (Wildman–Crippen LogP) is 0.562. The molecule has 2 aromatic rings. The van der Waals surface area contributed by atoms with Gasteiger partial charge in [-0.3, -0.25) is 10.1 Å². The smallest absolute Gasteiger partial charge is 0.338 e. The molecule has 2 N–H and O–H groups in total. The van der Waals surface area contributed by atoms with Gasteiger partial charge in [0.1, 0.15) is 11.0 Å². The van der Waals surface area contributed by atoms with Gasteiger partial charge in [-0.25, -0.2) is 4.79 Å². The van der Waals surface area contributed by atoms with Crippen LogP contribution in [-0.4, -0.2) is 31.4 Å². The van der Waals surface area contributed by atoms with E-state index >= 15 is 0 Å². The fourth-order valence-electron chi connectivity index (χ4n) is 1.20. The number of nitro groups is 1. The molecule has 0 aliphatic rings. The summed E-state index contributed by atoms with van der Waals surface area (Å²) in [5, 5.41) is 28.7. The van der Waals surface area contributed by atoms with Crippen LogP contribution >= 0.6 is 0 Å². The van der Waals surface area contributed by atoms with E-state index in [0.29, 0.717) is 0 Å². The van der Waals surface area contributed by atoms with Crippen LogP contribution in [0.2, 0.25) is 0 Å². The van der Waals surface area contributed by atoms with Crippen molar-refractivity contribution in [3.8, 4) is 0 Å². The Morgan fingerprint density at radius 1 is 1.44 bits per heavy atom. The van der Waals surface area contributed by atoms with Gasteiger partial charge in [0.15, 0.2) is 0 Å². The number of H-pyrrole nitrogens is 1. The van der Waals surface area contributed by atoms with Gasteiger partial charge in [0.25, 0.3) is 5.69 Å². The number of benzene rings is 1. The summed E-state index contributed by atoms with van der Waals surface area (Å²) in [5.41, 5.74) is -0.309. The summed E-state index contributed by atoms with van der Waals surface area (Å²) in [6.45, 7) is 0. The largest absolute Gasteiger partial charge is 0.478 e. The number of aromatic nitrogens is 3. The van der Waals surface area contributed by atoms with Crippen LogP contribution in [0.5, 0.6) is 0 Å². The van der Waals surface area contributed by atoms with E-state index in [1.54, 1.807) is 0 Å². The molecule has 9 heteroatoms. The second-order valence-corrected chi connectivity index (χ2v) is 2.75. The number of nitrogens with zero attached hydrogens (tertiary/aromatic N) is 3. The zero-order valence-electron chi connectivity index (χ0n) is 7.47. The van der Waals surface area contributed by atoms with Crippen LogP contribution in [0.25, 0.3) is 11.0 Å². The first kappa shape index (κ1) is 12.3. The third kappa shape index (κ3) is 1.94. The number of carbonyl (C=O) groups is 1. The van der Waals surface area contributed by atoms with E-state index in [2.05, 4.69) is 15.4 Å². The fraction of sp³-hybridized carbons (Fsp3) is 0. The summed E-state index contributed by atoms with van der Waals surface area (Å²) in [5.74, 6) is -1.28. The fourth-order valence-corrected chi connectivity index (χ4v) is 1.20.